The van der Waals surface area contributed by atoms with E-state index in [1.54, 1.807) is 0 Å². The fourth-order valence-electron chi connectivity index (χ4n) is 3.66. The molecule has 0 aliphatic rings. The molecule has 0 aliphatic heterocycles. The normalized spacial score (nSPS) is 11.5. The summed E-state index contributed by atoms with van der Waals surface area (Å²) in [5, 5.41) is 20.5. The summed E-state index contributed by atoms with van der Waals surface area (Å²) in [5.41, 5.74) is -0.271. The van der Waals surface area contributed by atoms with Crippen molar-refractivity contribution < 1.29 is 27.7 Å². The zero-order valence-electron chi connectivity index (χ0n) is 20.8. The SMILES string of the molecule is CCCC[N+](CCCC)(CCCC)CCCC.O=C([O-])CS(=O)(=O)c1ccc([N+](=O)[O-])cc1. The molecule has 0 saturated carbocycles. The lowest BCUT2D eigenvalue weighted by atomic mass is 10.1. The molecule has 0 amide bonds. The minimum absolute atomic E-state index is 0.271. The second-order valence-electron chi connectivity index (χ2n) is 8.53. The van der Waals surface area contributed by atoms with Gasteiger partial charge in [-0.15, -0.1) is 0 Å². The number of nitrogens with zero attached hydrogens (tertiary/aromatic N) is 2. The van der Waals surface area contributed by atoms with Gasteiger partial charge in [-0.05, 0) is 37.8 Å². The standard InChI is InChI=1S/C16H36N.C8H7NO6S/c1-5-9-13-17(14-10-6-2,15-11-7-3)16-12-8-4;10-8(11)5-16(14,15)7-3-1-6(2-4-7)9(12)13/h5-16H2,1-4H3;1-4H,5H2,(H,10,11)/q+1;/p-1. The summed E-state index contributed by atoms with van der Waals surface area (Å²) in [4.78, 5) is 19.5. The first kappa shape index (κ1) is 31.0. The average molecular weight is 487 g/mol. The molecular formula is C24H42N2O6S. The molecule has 0 heterocycles. The smallest absolute Gasteiger partial charge is 0.269 e. The molecule has 0 atom stereocenters. The van der Waals surface area contributed by atoms with Gasteiger partial charge in [0.25, 0.3) is 5.69 Å². The van der Waals surface area contributed by atoms with Crippen molar-refractivity contribution in [2.45, 2.75) is 84.0 Å². The van der Waals surface area contributed by atoms with Crippen molar-refractivity contribution >= 4 is 21.5 Å². The first-order chi connectivity index (χ1) is 15.6. The molecule has 0 N–H and O–H groups in total. The molecule has 0 fully saturated rings. The van der Waals surface area contributed by atoms with Crippen LogP contribution in [-0.4, -0.2) is 55.7 Å². The number of carbonyl (C=O) groups excluding carboxylic acids is 1. The van der Waals surface area contributed by atoms with E-state index in [4.69, 9.17) is 0 Å². The van der Waals surface area contributed by atoms with Crippen LogP contribution in [0.25, 0.3) is 0 Å². The maximum absolute atomic E-state index is 11.3. The van der Waals surface area contributed by atoms with Crippen LogP contribution >= 0.6 is 0 Å². The van der Waals surface area contributed by atoms with Gasteiger partial charge in [0.05, 0.1) is 47.7 Å². The molecule has 0 saturated heterocycles. The van der Waals surface area contributed by atoms with E-state index in [1.807, 2.05) is 0 Å². The summed E-state index contributed by atoms with van der Waals surface area (Å²) in [6.45, 7) is 15.0. The Hall–Kier alpha value is -2.00. The number of carboxylic acids is 1. The van der Waals surface area contributed by atoms with Crippen LogP contribution in [-0.2, 0) is 14.6 Å². The highest BCUT2D eigenvalue weighted by Gasteiger charge is 2.24. The van der Waals surface area contributed by atoms with Crippen molar-refractivity contribution in [2.24, 2.45) is 0 Å². The van der Waals surface area contributed by atoms with Crippen LogP contribution in [0.4, 0.5) is 5.69 Å². The van der Waals surface area contributed by atoms with Gasteiger partial charge in [0, 0.05) is 12.1 Å². The highest BCUT2D eigenvalue weighted by molar-refractivity contribution is 7.92. The number of nitro groups is 1. The number of benzene rings is 1. The number of non-ortho nitro benzene ring substituents is 1. The highest BCUT2D eigenvalue weighted by atomic mass is 32.2. The number of hydrogen-bond acceptors (Lipinski definition) is 6. The zero-order valence-corrected chi connectivity index (χ0v) is 21.6. The molecule has 0 bridgehead atoms. The molecule has 1 aromatic carbocycles. The number of aliphatic carboxylic acids is 1. The highest BCUT2D eigenvalue weighted by Crippen LogP contribution is 2.17. The summed E-state index contributed by atoms with van der Waals surface area (Å²) in [5.74, 6) is -2.87. The van der Waals surface area contributed by atoms with Crippen LogP contribution in [0.1, 0.15) is 79.1 Å². The van der Waals surface area contributed by atoms with Gasteiger partial charge < -0.3 is 14.4 Å². The summed E-state index contributed by atoms with van der Waals surface area (Å²) in [6, 6.07) is 3.94. The largest absolute Gasteiger partial charge is 0.549 e. The molecule has 1 rings (SSSR count). The van der Waals surface area contributed by atoms with Gasteiger partial charge in [-0.2, -0.15) is 0 Å². The third-order valence-electron chi connectivity index (χ3n) is 5.66. The molecule has 0 unspecified atom stereocenters. The minimum Gasteiger partial charge on any atom is -0.549 e. The fraction of sp³-hybridized carbons (Fsp3) is 0.708. The van der Waals surface area contributed by atoms with E-state index in [9.17, 15) is 28.4 Å². The predicted octanol–water partition coefficient (Wildman–Crippen LogP) is 4.12. The van der Waals surface area contributed by atoms with Gasteiger partial charge in [-0.25, -0.2) is 8.42 Å². The molecule has 9 heteroatoms. The van der Waals surface area contributed by atoms with Crippen LogP contribution < -0.4 is 5.11 Å². The third kappa shape index (κ3) is 12.7. The van der Waals surface area contributed by atoms with E-state index in [-0.39, 0.29) is 10.6 Å². The molecule has 190 valence electrons. The van der Waals surface area contributed by atoms with Gasteiger partial charge in [0.1, 0.15) is 0 Å². The van der Waals surface area contributed by atoms with Crippen LogP contribution in [0, 0.1) is 10.1 Å². The van der Waals surface area contributed by atoms with Crippen molar-refractivity contribution in [1.29, 1.82) is 0 Å². The number of sulfone groups is 1. The molecule has 0 aromatic heterocycles. The lowest BCUT2D eigenvalue weighted by Gasteiger charge is -2.39. The van der Waals surface area contributed by atoms with Crippen LogP contribution in [0.2, 0.25) is 0 Å². The Balaban J connectivity index is 0.000000621. The summed E-state index contributed by atoms with van der Waals surface area (Å²) >= 11 is 0. The van der Waals surface area contributed by atoms with Crippen LogP contribution in [0.3, 0.4) is 0 Å². The van der Waals surface area contributed by atoms with Crippen molar-refractivity contribution in [3.05, 3.63) is 34.4 Å². The fourth-order valence-corrected chi connectivity index (χ4v) is 4.69. The van der Waals surface area contributed by atoms with Gasteiger partial charge >= 0.3 is 0 Å². The molecule has 0 spiro atoms. The Kier molecular flexibility index (Phi) is 15.6. The summed E-state index contributed by atoms with van der Waals surface area (Å²) in [6.07, 6.45) is 11.1. The predicted molar refractivity (Wildman–Crippen MR) is 130 cm³/mol. The molecule has 8 nitrogen and oxygen atoms in total. The van der Waals surface area contributed by atoms with E-state index in [1.165, 1.54) is 82.0 Å². The Bertz CT molecular complexity index is 756. The number of carbonyl (C=O) groups is 1. The number of unbranched alkanes of at least 4 members (excludes halogenated alkanes) is 4. The number of carboxylic acid groups (broad SMARTS) is 1. The summed E-state index contributed by atoms with van der Waals surface area (Å²) in [7, 11) is -3.99. The Morgan fingerprint density at radius 1 is 0.818 bits per heavy atom. The molecule has 33 heavy (non-hydrogen) atoms. The first-order valence-electron chi connectivity index (χ1n) is 12.1. The average Bonchev–Trinajstić information content (AvgIpc) is 2.78. The van der Waals surface area contributed by atoms with Crippen molar-refractivity contribution in [3.8, 4) is 0 Å². The quantitative estimate of drug-likeness (QED) is 0.197. The Morgan fingerprint density at radius 2 is 1.18 bits per heavy atom. The van der Waals surface area contributed by atoms with Crippen LogP contribution in [0.15, 0.2) is 29.2 Å². The van der Waals surface area contributed by atoms with Gasteiger partial charge in [0.2, 0.25) is 0 Å². The second kappa shape index (κ2) is 16.6. The minimum atomic E-state index is -3.99. The van der Waals surface area contributed by atoms with E-state index in [2.05, 4.69) is 27.7 Å². The maximum Gasteiger partial charge on any atom is 0.269 e. The summed E-state index contributed by atoms with van der Waals surface area (Å²) < 4.78 is 24.1. The molecule has 0 radical (unpaired) electrons. The molecule has 0 aliphatic carbocycles. The number of rotatable bonds is 16. The van der Waals surface area contributed by atoms with Gasteiger partial charge in [-0.3, -0.25) is 10.1 Å². The van der Waals surface area contributed by atoms with Gasteiger partial charge in [-0.1, -0.05) is 53.4 Å². The first-order valence-corrected chi connectivity index (χ1v) is 13.7. The monoisotopic (exact) mass is 486 g/mol. The zero-order chi connectivity index (χ0) is 25.3. The molecular weight excluding hydrogens is 444 g/mol. The second-order valence-corrected chi connectivity index (χ2v) is 10.5. The Morgan fingerprint density at radius 3 is 1.45 bits per heavy atom. The lowest BCUT2D eigenvalue weighted by molar-refractivity contribution is -0.929. The van der Waals surface area contributed by atoms with E-state index in [0.29, 0.717) is 0 Å². The van der Waals surface area contributed by atoms with Crippen molar-refractivity contribution in [3.63, 3.8) is 0 Å². The van der Waals surface area contributed by atoms with E-state index in [0.717, 1.165) is 24.3 Å². The van der Waals surface area contributed by atoms with Gasteiger partial charge in [0.15, 0.2) is 9.84 Å². The number of hydrogen-bond donors (Lipinski definition) is 0. The number of quaternary nitrogens is 1. The van der Waals surface area contributed by atoms with E-state index < -0.39 is 26.5 Å². The van der Waals surface area contributed by atoms with Crippen LogP contribution in [0.5, 0.6) is 0 Å². The Labute approximate surface area is 199 Å². The lowest BCUT2D eigenvalue weighted by Crippen LogP contribution is -2.50. The number of nitro benzene ring substituents is 1. The maximum atomic E-state index is 11.3. The van der Waals surface area contributed by atoms with E-state index >= 15 is 0 Å². The third-order valence-corrected chi connectivity index (χ3v) is 7.26. The van der Waals surface area contributed by atoms with Crippen molar-refractivity contribution in [1.82, 2.24) is 0 Å². The van der Waals surface area contributed by atoms with Crippen molar-refractivity contribution in [2.75, 3.05) is 31.9 Å². The topological polar surface area (TPSA) is 117 Å². The molecule has 1 aromatic rings.